The summed E-state index contributed by atoms with van der Waals surface area (Å²) in [6.45, 7) is 5.55. The first-order valence-electron chi connectivity index (χ1n) is 6.98. The Bertz CT molecular complexity index is 633. The quantitative estimate of drug-likeness (QED) is 0.873. The van der Waals surface area contributed by atoms with Crippen molar-refractivity contribution in [2.45, 2.75) is 38.9 Å². The van der Waals surface area contributed by atoms with E-state index in [-0.39, 0.29) is 11.3 Å². The molecule has 8 heteroatoms. The summed E-state index contributed by atoms with van der Waals surface area (Å²) in [6.07, 6.45) is -1.10. The number of ether oxygens (including phenoxy) is 1. The van der Waals surface area contributed by atoms with Crippen molar-refractivity contribution in [3.05, 3.63) is 34.4 Å². The van der Waals surface area contributed by atoms with E-state index in [9.17, 15) is 13.2 Å². The van der Waals surface area contributed by atoms with Crippen LogP contribution in [0.25, 0.3) is 0 Å². The minimum absolute atomic E-state index is 0.0158. The van der Waals surface area contributed by atoms with Crippen molar-refractivity contribution in [1.82, 2.24) is 9.97 Å². The lowest BCUT2D eigenvalue weighted by atomic mass is 9.98. The van der Waals surface area contributed by atoms with E-state index in [1.165, 1.54) is 12.3 Å². The first-order valence-corrected chi connectivity index (χ1v) is 7.80. The zero-order valence-electron chi connectivity index (χ0n) is 13.1. The summed E-state index contributed by atoms with van der Waals surface area (Å²) in [5.74, 6) is -0.0549. The topological polar surface area (TPSA) is 47.0 Å². The van der Waals surface area contributed by atoms with Gasteiger partial charge in [-0.3, -0.25) is 0 Å². The highest BCUT2D eigenvalue weighted by Crippen LogP contribution is 2.27. The van der Waals surface area contributed by atoms with Crippen molar-refractivity contribution in [1.29, 1.82) is 0 Å². The van der Waals surface area contributed by atoms with Gasteiger partial charge >= 0.3 is 6.18 Å². The molecule has 23 heavy (non-hydrogen) atoms. The maximum atomic E-state index is 12.0. The Morgan fingerprint density at radius 1 is 1.13 bits per heavy atom. The summed E-state index contributed by atoms with van der Waals surface area (Å²) in [4.78, 5) is 9.32. The summed E-state index contributed by atoms with van der Waals surface area (Å²) in [5, 5.41) is 4.21. The molecular formula is C15H18F3N3OS. The van der Waals surface area contributed by atoms with Gasteiger partial charge in [-0.15, -0.1) is 11.3 Å². The number of hydrogen-bond acceptors (Lipinski definition) is 5. The van der Waals surface area contributed by atoms with Gasteiger partial charge < -0.3 is 10.1 Å². The second-order valence-electron chi connectivity index (χ2n) is 6.02. The highest BCUT2D eigenvalue weighted by atomic mass is 32.1. The molecule has 0 spiro atoms. The predicted octanol–water partition coefficient (Wildman–Crippen LogP) is 4.39. The lowest BCUT2D eigenvalue weighted by Crippen LogP contribution is -2.19. The minimum Gasteiger partial charge on any atom is -0.468 e. The van der Waals surface area contributed by atoms with Crippen molar-refractivity contribution in [2.75, 3.05) is 11.9 Å². The van der Waals surface area contributed by atoms with Crippen molar-refractivity contribution < 1.29 is 17.9 Å². The largest absolute Gasteiger partial charge is 0.468 e. The Kier molecular flexibility index (Phi) is 5.13. The molecule has 0 atom stereocenters. The maximum Gasteiger partial charge on any atom is 0.422 e. The van der Waals surface area contributed by atoms with Crippen LogP contribution >= 0.6 is 11.3 Å². The Hall–Kier alpha value is -1.83. The standard InChI is InChI=1S/C15H18F3N3OS/c1-14(2,3)13-21-8-11(23-13)7-19-10-4-5-12(20-6-10)22-9-15(16,17)18/h4-6,8,19H,7,9H2,1-3H3. The van der Waals surface area contributed by atoms with Crippen LogP contribution in [0.2, 0.25) is 0 Å². The number of anilines is 1. The molecular weight excluding hydrogens is 327 g/mol. The van der Waals surface area contributed by atoms with E-state index in [0.717, 1.165) is 9.88 Å². The van der Waals surface area contributed by atoms with Crippen LogP contribution in [-0.4, -0.2) is 22.8 Å². The number of hydrogen-bond donors (Lipinski definition) is 1. The number of nitrogens with zero attached hydrogens (tertiary/aromatic N) is 2. The zero-order valence-corrected chi connectivity index (χ0v) is 13.9. The van der Waals surface area contributed by atoms with Crippen molar-refractivity contribution in [2.24, 2.45) is 0 Å². The van der Waals surface area contributed by atoms with Gasteiger partial charge in [-0.2, -0.15) is 13.2 Å². The molecule has 2 aromatic rings. The highest BCUT2D eigenvalue weighted by Gasteiger charge is 2.28. The smallest absolute Gasteiger partial charge is 0.422 e. The van der Waals surface area contributed by atoms with Gasteiger partial charge in [0, 0.05) is 22.6 Å². The third-order valence-corrected chi connectivity index (χ3v) is 4.21. The fourth-order valence-corrected chi connectivity index (χ4v) is 2.56. The first-order chi connectivity index (χ1) is 10.6. The Morgan fingerprint density at radius 3 is 2.39 bits per heavy atom. The van der Waals surface area contributed by atoms with Gasteiger partial charge in [0.05, 0.1) is 23.4 Å². The van der Waals surface area contributed by atoms with Crippen LogP contribution in [0.3, 0.4) is 0 Å². The van der Waals surface area contributed by atoms with Gasteiger partial charge in [0.1, 0.15) is 0 Å². The van der Waals surface area contributed by atoms with Gasteiger partial charge in [0.15, 0.2) is 6.61 Å². The zero-order chi connectivity index (χ0) is 17.1. The third-order valence-electron chi connectivity index (χ3n) is 2.78. The number of halogens is 3. The number of pyridine rings is 1. The summed E-state index contributed by atoms with van der Waals surface area (Å²) in [5.41, 5.74) is 0.720. The average molecular weight is 345 g/mol. The number of nitrogens with one attached hydrogen (secondary N) is 1. The fourth-order valence-electron chi connectivity index (χ4n) is 1.65. The predicted molar refractivity (Wildman–Crippen MR) is 83.9 cm³/mol. The van der Waals surface area contributed by atoms with Crippen LogP contribution in [0.4, 0.5) is 18.9 Å². The molecule has 0 fully saturated rings. The van der Waals surface area contributed by atoms with E-state index in [0.29, 0.717) is 12.2 Å². The van der Waals surface area contributed by atoms with E-state index < -0.39 is 12.8 Å². The second kappa shape index (κ2) is 6.74. The molecule has 0 saturated heterocycles. The average Bonchev–Trinajstić information content (AvgIpc) is 2.92. The number of thiazole rings is 1. The fraction of sp³-hybridized carbons (Fsp3) is 0.467. The van der Waals surface area contributed by atoms with Gasteiger partial charge in [0.25, 0.3) is 0 Å². The van der Waals surface area contributed by atoms with E-state index in [2.05, 4.69) is 40.8 Å². The molecule has 0 amide bonds. The molecule has 0 unspecified atom stereocenters. The molecule has 2 heterocycles. The Balaban J connectivity index is 1.88. The maximum absolute atomic E-state index is 12.0. The molecule has 0 aliphatic rings. The van der Waals surface area contributed by atoms with Crippen molar-refractivity contribution in [3.8, 4) is 5.88 Å². The highest BCUT2D eigenvalue weighted by molar-refractivity contribution is 7.11. The van der Waals surface area contributed by atoms with Gasteiger partial charge in [0.2, 0.25) is 5.88 Å². The molecule has 0 aliphatic heterocycles. The van der Waals surface area contributed by atoms with Crippen LogP contribution in [0.15, 0.2) is 24.5 Å². The molecule has 0 radical (unpaired) electrons. The summed E-state index contributed by atoms with van der Waals surface area (Å²) < 4.78 is 40.7. The summed E-state index contributed by atoms with van der Waals surface area (Å²) in [6, 6.07) is 3.03. The third kappa shape index (κ3) is 5.70. The van der Waals surface area contributed by atoms with Crippen molar-refractivity contribution in [3.63, 3.8) is 0 Å². The van der Waals surface area contributed by atoms with Crippen LogP contribution in [0.1, 0.15) is 30.7 Å². The Morgan fingerprint density at radius 2 is 1.87 bits per heavy atom. The number of aromatic nitrogens is 2. The summed E-state index contributed by atoms with van der Waals surface area (Å²) >= 11 is 1.63. The number of rotatable bonds is 5. The number of alkyl halides is 3. The van der Waals surface area contributed by atoms with Crippen LogP contribution < -0.4 is 10.1 Å². The summed E-state index contributed by atoms with van der Waals surface area (Å²) in [7, 11) is 0. The molecule has 0 bridgehead atoms. The molecule has 4 nitrogen and oxygen atoms in total. The van der Waals surface area contributed by atoms with Gasteiger partial charge in [-0.05, 0) is 6.07 Å². The molecule has 0 aromatic carbocycles. The normalized spacial score (nSPS) is 12.3. The van der Waals surface area contributed by atoms with Gasteiger partial charge in [-0.1, -0.05) is 20.8 Å². The van der Waals surface area contributed by atoms with Gasteiger partial charge in [-0.25, -0.2) is 9.97 Å². The van der Waals surface area contributed by atoms with E-state index in [4.69, 9.17) is 0 Å². The lowest BCUT2D eigenvalue weighted by Gasteiger charge is -2.13. The molecule has 126 valence electrons. The second-order valence-corrected chi connectivity index (χ2v) is 7.14. The van der Waals surface area contributed by atoms with E-state index >= 15 is 0 Å². The minimum atomic E-state index is -4.37. The first kappa shape index (κ1) is 17.5. The van der Waals surface area contributed by atoms with Crippen LogP contribution in [0.5, 0.6) is 5.88 Å². The van der Waals surface area contributed by atoms with Crippen LogP contribution in [0, 0.1) is 0 Å². The molecule has 0 saturated carbocycles. The van der Waals surface area contributed by atoms with Crippen molar-refractivity contribution >= 4 is 17.0 Å². The molecule has 2 rings (SSSR count). The molecule has 2 aromatic heterocycles. The van der Waals surface area contributed by atoms with Crippen LogP contribution in [-0.2, 0) is 12.0 Å². The Labute approximate surface area is 136 Å². The monoisotopic (exact) mass is 345 g/mol. The molecule has 1 N–H and O–H groups in total. The molecule has 0 aliphatic carbocycles. The SMILES string of the molecule is CC(C)(C)c1ncc(CNc2ccc(OCC(F)(F)F)nc2)s1. The lowest BCUT2D eigenvalue weighted by molar-refractivity contribution is -0.154. The van der Waals surface area contributed by atoms with E-state index in [1.807, 2.05) is 6.20 Å². The van der Waals surface area contributed by atoms with E-state index in [1.54, 1.807) is 17.4 Å².